The minimum atomic E-state index is -1.13. The van der Waals surface area contributed by atoms with E-state index in [-0.39, 0.29) is 13.1 Å². The molecule has 1 unspecified atom stereocenters. The number of hydrogen-bond donors (Lipinski definition) is 2. The van der Waals surface area contributed by atoms with Crippen molar-refractivity contribution in [3.63, 3.8) is 0 Å². The topological polar surface area (TPSA) is 78.5 Å². The van der Waals surface area contributed by atoms with Crippen LogP contribution in [0.5, 0.6) is 0 Å². The number of nitrogens with zero attached hydrogens (tertiary/aromatic N) is 1. The van der Waals surface area contributed by atoms with Crippen molar-refractivity contribution in [2.45, 2.75) is 25.4 Å². The van der Waals surface area contributed by atoms with Crippen LogP contribution in [0.4, 0.5) is 4.79 Å². The predicted molar refractivity (Wildman–Crippen MR) is 102 cm³/mol. The van der Waals surface area contributed by atoms with Gasteiger partial charge >= 0.3 is 6.03 Å². The van der Waals surface area contributed by atoms with Gasteiger partial charge in [0, 0.05) is 11.6 Å². The predicted octanol–water partition coefficient (Wildman–Crippen LogP) is 2.81. The summed E-state index contributed by atoms with van der Waals surface area (Å²) in [4.78, 5) is 38.6. The average molecular weight is 386 g/mol. The second-order valence-electron chi connectivity index (χ2n) is 6.35. The second kappa shape index (κ2) is 7.80. The quantitative estimate of drug-likeness (QED) is 0.750. The van der Waals surface area contributed by atoms with Crippen molar-refractivity contribution in [2.24, 2.45) is 0 Å². The Labute approximate surface area is 162 Å². The molecule has 0 saturated carbocycles. The third-order valence-electron chi connectivity index (χ3n) is 4.65. The zero-order chi connectivity index (χ0) is 19.4. The van der Waals surface area contributed by atoms with Crippen molar-refractivity contribution >= 4 is 29.4 Å². The molecule has 0 bridgehead atoms. The van der Waals surface area contributed by atoms with Gasteiger partial charge in [-0.15, -0.1) is 0 Å². The Morgan fingerprint density at radius 2 is 1.89 bits per heavy atom. The van der Waals surface area contributed by atoms with E-state index in [4.69, 9.17) is 11.6 Å². The molecule has 3 rings (SSSR count). The van der Waals surface area contributed by atoms with Crippen LogP contribution in [-0.4, -0.2) is 29.3 Å². The van der Waals surface area contributed by atoms with Crippen LogP contribution < -0.4 is 10.6 Å². The van der Waals surface area contributed by atoms with Gasteiger partial charge in [0.15, 0.2) is 0 Å². The number of amides is 4. The SMILES string of the molecule is CCC1(c2ccccc2)NC(=O)N(CC(=O)NCc2cccc(Cl)c2)C1=O. The Bertz CT molecular complexity index is 872. The number of nitrogens with one attached hydrogen (secondary N) is 2. The summed E-state index contributed by atoms with van der Waals surface area (Å²) in [7, 11) is 0. The fourth-order valence-electron chi connectivity index (χ4n) is 3.18. The van der Waals surface area contributed by atoms with Crippen molar-refractivity contribution in [1.82, 2.24) is 15.5 Å². The number of halogens is 1. The first-order chi connectivity index (χ1) is 13.0. The van der Waals surface area contributed by atoms with Crippen LogP contribution in [0.15, 0.2) is 54.6 Å². The molecule has 2 aromatic carbocycles. The van der Waals surface area contributed by atoms with Crippen molar-refractivity contribution in [3.05, 3.63) is 70.7 Å². The van der Waals surface area contributed by atoms with Gasteiger partial charge < -0.3 is 10.6 Å². The van der Waals surface area contributed by atoms with E-state index >= 15 is 0 Å². The van der Waals surface area contributed by atoms with Crippen molar-refractivity contribution < 1.29 is 14.4 Å². The van der Waals surface area contributed by atoms with Crippen LogP contribution in [0.3, 0.4) is 0 Å². The maximum Gasteiger partial charge on any atom is 0.325 e. The third kappa shape index (κ3) is 3.80. The Morgan fingerprint density at radius 1 is 1.15 bits per heavy atom. The van der Waals surface area contributed by atoms with E-state index in [9.17, 15) is 14.4 Å². The molecule has 4 amide bonds. The van der Waals surface area contributed by atoms with Gasteiger partial charge in [0.2, 0.25) is 5.91 Å². The summed E-state index contributed by atoms with van der Waals surface area (Å²) in [5.41, 5.74) is 0.402. The molecule has 1 atom stereocenters. The lowest BCUT2D eigenvalue weighted by atomic mass is 9.87. The first-order valence-electron chi connectivity index (χ1n) is 8.67. The van der Waals surface area contributed by atoms with Gasteiger partial charge in [-0.25, -0.2) is 4.79 Å². The molecule has 0 spiro atoms. The lowest BCUT2D eigenvalue weighted by Gasteiger charge is -2.25. The summed E-state index contributed by atoms with van der Waals surface area (Å²) in [5.74, 6) is -0.836. The molecule has 2 N–H and O–H groups in total. The zero-order valence-corrected chi connectivity index (χ0v) is 15.6. The normalized spacial score (nSPS) is 19.1. The van der Waals surface area contributed by atoms with E-state index in [1.54, 1.807) is 30.3 Å². The third-order valence-corrected chi connectivity index (χ3v) is 4.89. The number of imide groups is 1. The molecule has 0 aromatic heterocycles. The van der Waals surface area contributed by atoms with Gasteiger partial charge in [0.25, 0.3) is 5.91 Å². The van der Waals surface area contributed by atoms with Crippen LogP contribution >= 0.6 is 11.6 Å². The largest absolute Gasteiger partial charge is 0.350 e. The number of carbonyl (C=O) groups excluding carboxylic acids is 3. The highest BCUT2D eigenvalue weighted by Crippen LogP contribution is 2.32. The molecule has 1 aliphatic heterocycles. The lowest BCUT2D eigenvalue weighted by Crippen LogP contribution is -2.44. The van der Waals surface area contributed by atoms with E-state index in [0.29, 0.717) is 17.0 Å². The fraction of sp³-hybridized carbons (Fsp3) is 0.250. The van der Waals surface area contributed by atoms with Gasteiger partial charge in [-0.3, -0.25) is 14.5 Å². The highest BCUT2D eigenvalue weighted by molar-refractivity contribution is 6.30. The van der Waals surface area contributed by atoms with E-state index in [0.717, 1.165) is 10.5 Å². The number of benzene rings is 2. The van der Waals surface area contributed by atoms with Gasteiger partial charge in [0.1, 0.15) is 12.1 Å². The summed E-state index contributed by atoms with van der Waals surface area (Å²) < 4.78 is 0. The fourth-order valence-corrected chi connectivity index (χ4v) is 3.39. The van der Waals surface area contributed by atoms with Crippen LogP contribution in [0.25, 0.3) is 0 Å². The standard InChI is InChI=1S/C20H20ClN3O3/c1-2-20(15-8-4-3-5-9-15)18(26)24(19(27)23-20)13-17(25)22-12-14-7-6-10-16(21)11-14/h3-11H,2,12-13H2,1H3,(H,22,25)(H,23,27). The van der Waals surface area contributed by atoms with Crippen LogP contribution in [0, 0.1) is 0 Å². The molecule has 140 valence electrons. The summed E-state index contributed by atoms with van der Waals surface area (Å²) >= 11 is 5.92. The van der Waals surface area contributed by atoms with Crippen molar-refractivity contribution in [2.75, 3.05) is 6.54 Å². The first-order valence-corrected chi connectivity index (χ1v) is 9.05. The average Bonchev–Trinajstić information content (AvgIpc) is 2.92. The molecule has 0 aliphatic carbocycles. The summed E-state index contributed by atoms with van der Waals surface area (Å²) in [6, 6.07) is 15.6. The molecule has 27 heavy (non-hydrogen) atoms. The van der Waals surface area contributed by atoms with Crippen molar-refractivity contribution in [3.8, 4) is 0 Å². The molecule has 1 fully saturated rings. The number of rotatable bonds is 6. The molecule has 6 nitrogen and oxygen atoms in total. The molecular formula is C20H20ClN3O3. The molecule has 1 saturated heterocycles. The Morgan fingerprint density at radius 3 is 2.56 bits per heavy atom. The first kappa shape index (κ1) is 18.9. The van der Waals surface area contributed by atoms with Crippen LogP contribution in [-0.2, 0) is 21.7 Å². The highest BCUT2D eigenvalue weighted by Gasteiger charge is 2.51. The smallest absolute Gasteiger partial charge is 0.325 e. The number of hydrogen-bond acceptors (Lipinski definition) is 3. The van der Waals surface area contributed by atoms with Gasteiger partial charge in [-0.2, -0.15) is 0 Å². The Balaban J connectivity index is 1.69. The molecule has 1 aliphatic rings. The monoisotopic (exact) mass is 385 g/mol. The second-order valence-corrected chi connectivity index (χ2v) is 6.79. The summed E-state index contributed by atoms with van der Waals surface area (Å²) in [6.07, 6.45) is 0.391. The minimum absolute atomic E-state index is 0.265. The van der Waals surface area contributed by atoms with Gasteiger partial charge in [-0.05, 0) is 29.7 Å². The van der Waals surface area contributed by atoms with Crippen LogP contribution in [0.2, 0.25) is 5.02 Å². The zero-order valence-electron chi connectivity index (χ0n) is 14.9. The Kier molecular flexibility index (Phi) is 5.46. The highest BCUT2D eigenvalue weighted by atomic mass is 35.5. The summed E-state index contributed by atoms with van der Waals surface area (Å²) in [5, 5.41) is 6.04. The molecule has 0 radical (unpaired) electrons. The Hall–Kier alpha value is -2.86. The number of urea groups is 1. The van der Waals surface area contributed by atoms with E-state index in [2.05, 4.69) is 10.6 Å². The maximum absolute atomic E-state index is 13.0. The molecule has 7 heteroatoms. The maximum atomic E-state index is 13.0. The van der Waals surface area contributed by atoms with E-state index in [1.807, 2.05) is 31.2 Å². The molecular weight excluding hydrogens is 366 g/mol. The minimum Gasteiger partial charge on any atom is -0.350 e. The molecule has 2 aromatic rings. The van der Waals surface area contributed by atoms with Crippen LogP contribution in [0.1, 0.15) is 24.5 Å². The molecule has 1 heterocycles. The van der Waals surface area contributed by atoms with Crippen molar-refractivity contribution in [1.29, 1.82) is 0 Å². The number of carbonyl (C=O) groups is 3. The van der Waals surface area contributed by atoms with Gasteiger partial charge in [-0.1, -0.05) is 61.0 Å². The lowest BCUT2D eigenvalue weighted by molar-refractivity contribution is -0.135. The van der Waals surface area contributed by atoms with Gasteiger partial charge in [0.05, 0.1) is 0 Å². The summed E-state index contributed by atoms with van der Waals surface area (Å²) in [6.45, 7) is 1.76. The van der Waals surface area contributed by atoms with E-state index in [1.165, 1.54) is 0 Å². The van der Waals surface area contributed by atoms with E-state index < -0.39 is 23.4 Å².